The van der Waals surface area contributed by atoms with Crippen molar-refractivity contribution < 1.29 is 14.3 Å². The molecule has 0 fully saturated rings. The van der Waals surface area contributed by atoms with Crippen molar-refractivity contribution in [3.8, 4) is 10.6 Å². The van der Waals surface area contributed by atoms with Crippen molar-refractivity contribution in [3.05, 3.63) is 52.0 Å². The lowest BCUT2D eigenvalue weighted by Gasteiger charge is -2.00. The van der Waals surface area contributed by atoms with Crippen LogP contribution in [-0.4, -0.2) is 29.0 Å². The number of nitrogens with one attached hydrogen (secondary N) is 1. The maximum absolute atomic E-state index is 12.2. The smallest absolute Gasteiger partial charge is 0.311 e. The second-order valence-electron chi connectivity index (χ2n) is 5.64. The van der Waals surface area contributed by atoms with Crippen LogP contribution in [0, 0.1) is 6.92 Å². The number of anilines is 1. The summed E-state index contributed by atoms with van der Waals surface area (Å²) < 4.78 is 4.60. The van der Waals surface area contributed by atoms with Crippen molar-refractivity contribution >= 4 is 39.7 Å². The van der Waals surface area contributed by atoms with Crippen LogP contribution in [0.3, 0.4) is 0 Å². The van der Waals surface area contributed by atoms with Crippen LogP contribution in [0.2, 0.25) is 0 Å². The number of hydrogen-bond acceptors (Lipinski definition) is 7. The molecule has 2 aromatic heterocycles. The van der Waals surface area contributed by atoms with Gasteiger partial charge in [-0.25, -0.2) is 9.97 Å². The summed E-state index contributed by atoms with van der Waals surface area (Å²) in [6, 6.07) is 8.11. The lowest BCUT2D eigenvalue weighted by Crippen LogP contribution is -2.14. The zero-order valence-corrected chi connectivity index (χ0v) is 15.9. The minimum atomic E-state index is -0.362. The molecule has 0 unspecified atom stereocenters. The van der Waals surface area contributed by atoms with Crippen LogP contribution in [0.15, 0.2) is 35.0 Å². The number of thiazole rings is 2. The number of amides is 1. The van der Waals surface area contributed by atoms with E-state index >= 15 is 0 Å². The summed E-state index contributed by atoms with van der Waals surface area (Å²) in [6.07, 6.45) is 0.267. The topological polar surface area (TPSA) is 81.2 Å². The highest BCUT2D eigenvalue weighted by Gasteiger charge is 2.12. The van der Waals surface area contributed by atoms with Crippen molar-refractivity contribution in [1.82, 2.24) is 9.97 Å². The van der Waals surface area contributed by atoms with Gasteiger partial charge in [0.1, 0.15) is 5.01 Å². The summed E-state index contributed by atoms with van der Waals surface area (Å²) in [7, 11) is 1.33. The molecule has 134 valence electrons. The molecule has 0 bridgehead atoms. The van der Waals surface area contributed by atoms with Crippen LogP contribution >= 0.6 is 22.7 Å². The maximum Gasteiger partial charge on any atom is 0.311 e. The highest BCUT2D eigenvalue weighted by Crippen LogP contribution is 2.25. The molecule has 3 rings (SSSR count). The zero-order valence-electron chi connectivity index (χ0n) is 14.3. The second-order valence-corrected chi connectivity index (χ2v) is 7.35. The number of aromatic nitrogens is 2. The normalized spacial score (nSPS) is 10.5. The molecule has 0 atom stereocenters. The Bertz CT molecular complexity index is 933. The van der Waals surface area contributed by atoms with Crippen LogP contribution in [0.25, 0.3) is 10.6 Å². The number of methoxy groups -OCH3 is 1. The van der Waals surface area contributed by atoms with Crippen molar-refractivity contribution in [1.29, 1.82) is 0 Å². The van der Waals surface area contributed by atoms with Crippen molar-refractivity contribution in [3.63, 3.8) is 0 Å². The summed E-state index contributed by atoms with van der Waals surface area (Å²) in [5, 5.41) is 7.71. The molecule has 0 aliphatic heterocycles. The molecule has 0 aliphatic rings. The Labute approximate surface area is 158 Å². The van der Waals surface area contributed by atoms with Crippen molar-refractivity contribution in [2.45, 2.75) is 19.8 Å². The summed E-state index contributed by atoms with van der Waals surface area (Å²) in [4.78, 5) is 32.2. The molecule has 0 aliphatic carbocycles. The van der Waals surface area contributed by atoms with Gasteiger partial charge in [-0.15, -0.1) is 22.7 Å². The van der Waals surface area contributed by atoms with Crippen LogP contribution in [0.1, 0.15) is 17.0 Å². The van der Waals surface area contributed by atoms with E-state index in [4.69, 9.17) is 0 Å². The highest BCUT2D eigenvalue weighted by atomic mass is 32.1. The van der Waals surface area contributed by atoms with E-state index in [0.717, 1.165) is 16.3 Å². The number of ether oxygens (including phenoxy) is 1. The Morgan fingerprint density at radius 3 is 2.65 bits per heavy atom. The Balaban J connectivity index is 1.60. The van der Waals surface area contributed by atoms with E-state index in [-0.39, 0.29) is 24.7 Å². The van der Waals surface area contributed by atoms with Gasteiger partial charge in [0, 0.05) is 16.3 Å². The molecule has 0 radical (unpaired) electrons. The molecule has 6 nitrogen and oxygen atoms in total. The fraction of sp³-hybridized carbons (Fsp3) is 0.222. The minimum absolute atomic E-state index is 0.0921. The lowest BCUT2D eigenvalue weighted by molar-refractivity contribution is -0.139. The lowest BCUT2D eigenvalue weighted by atomic mass is 10.1. The Kier molecular flexibility index (Phi) is 5.75. The molecule has 0 saturated carbocycles. The van der Waals surface area contributed by atoms with E-state index in [1.54, 1.807) is 5.38 Å². The van der Waals surface area contributed by atoms with E-state index < -0.39 is 0 Å². The molecule has 26 heavy (non-hydrogen) atoms. The average Bonchev–Trinajstić information content (AvgIpc) is 3.24. The number of hydrogen-bond donors (Lipinski definition) is 1. The number of benzene rings is 1. The van der Waals surface area contributed by atoms with Crippen LogP contribution < -0.4 is 5.32 Å². The van der Waals surface area contributed by atoms with Gasteiger partial charge in [0.2, 0.25) is 5.91 Å². The summed E-state index contributed by atoms with van der Waals surface area (Å²) >= 11 is 2.79. The molecule has 2 heterocycles. The predicted octanol–water partition coefficient (Wildman–Crippen LogP) is 3.47. The van der Waals surface area contributed by atoms with E-state index in [0.29, 0.717) is 10.8 Å². The summed E-state index contributed by atoms with van der Waals surface area (Å²) in [5.41, 5.74) is 3.51. The van der Waals surface area contributed by atoms with Crippen LogP contribution in [0.4, 0.5) is 5.13 Å². The predicted molar refractivity (Wildman–Crippen MR) is 102 cm³/mol. The molecule has 0 saturated heterocycles. The molecule has 3 aromatic rings. The van der Waals surface area contributed by atoms with Crippen LogP contribution in [0.5, 0.6) is 0 Å². The Morgan fingerprint density at radius 2 is 1.88 bits per heavy atom. The van der Waals surface area contributed by atoms with Crippen molar-refractivity contribution in [2.24, 2.45) is 0 Å². The SMILES string of the molecule is COC(=O)Cc1csc(NC(=O)Cc2csc(-c3cccc(C)c3)n2)n1. The number of rotatable bonds is 6. The zero-order chi connectivity index (χ0) is 18.5. The number of nitrogens with zero attached hydrogens (tertiary/aromatic N) is 2. The summed E-state index contributed by atoms with van der Waals surface area (Å²) in [5.74, 6) is -0.551. The molecule has 0 spiro atoms. The Hall–Kier alpha value is -2.58. The van der Waals surface area contributed by atoms with E-state index in [9.17, 15) is 9.59 Å². The van der Waals surface area contributed by atoms with E-state index in [2.05, 4.69) is 26.1 Å². The first-order valence-electron chi connectivity index (χ1n) is 7.86. The third-order valence-electron chi connectivity index (χ3n) is 3.51. The molecule has 1 amide bonds. The average molecular weight is 387 g/mol. The molecular weight excluding hydrogens is 370 g/mol. The second kappa shape index (κ2) is 8.20. The molecule has 1 N–H and O–H groups in total. The number of aryl methyl sites for hydroxylation is 1. The quantitative estimate of drug-likeness (QED) is 0.655. The summed E-state index contributed by atoms with van der Waals surface area (Å²) in [6.45, 7) is 2.04. The third-order valence-corrected chi connectivity index (χ3v) is 5.26. The number of carbonyl (C=O) groups excluding carboxylic acids is 2. The molecular formula is C18H17N3O3S2. The van der Waals surface area contributed by atoms with Gasteiger partial charge < -0.3 is 10.1 Å². The minimum Gasteiger partial charge on any atom is -0.469 e. The highest BCUT2D eigenvalue weighted by molar-refractivity contribution is 7.14. The van der Waals surface area contributed by atoms with Gasteiger partial charge in [0.05, 0.1) is 31.3 Å². The first-order chi connectivity index (χ1) is 12.5. The third kappa shape index (κ3) is 4.74. The van der Waals surface area contributed by atoms with Gasteiger partial charge in [-0.3, -0.25) is 9.59 Å². The monoisotopic (exact) mass is 387 g/mol. The van der Waals surface area contributed by atoms with Gasteiger partial charge in [0.15, 0.2) is 5.13 Å². The largest absolute Gasteiger partial charge is 0.469 e. The maximum atomic E-state index is 12.2. The first-order valence-corrected chi connectivity index (χ1v) is 9.62. The fourth-order valence-electron chi connectivity index (χ4n) is 2.29. The first kappa shape index (κ1) is 18.2. The van der Waals surface area contributed by atoms with Crippen LogP contribution in [-0.2, 0) is 27.2 Å². The molecule has 1 aromatic carbocycles. The number of carbonyl (C=O) groups is 2. The number of esters is 1. The van der Waals surface area contributed by atoms with Gasteiger partial charge in [-0.1, -0.05) is 23.8 Å². The Morgan fingerprint density at radius 1 is 1.12 bits per heavy atom. The van der Waals surface area contributed by atoms with E-state index in [1.165, 1.54) is 35.3 Å². The van der Waals surface area contributed by atoms with Gasteiger partial charge in [-0.2, -0.15) is 0 Å². The van der Waals surface area contributed by atoms with Gasteiger partial charge >= 0.3 is 5.97 Å². The van der Waals surface area contributed by atoms with Crippen molar-refractivity contribution in [2.75, 3.05) is 12.4 Å². The van der Waals surface area contributed by atoms with Gasteiger partial charge in [-0.05, 0) is 13.0 Å². The van der Waals surface area contributed by atoms with E-state index in [1.807, 2.05) is 30.5 Å². The standard InChI is InChI=1S/C18H17N3O3S2/c1-11-4-3-5-12(6-11)17-19-13(9-25-17)7-15(22)21-18-20-14(10-26-18)8-16(23)24-2/h3-6,9-10H,7-8H2,1-2H3,(H,20,21,22). The molecule has 8 heteroatoms. The van der Waals surface area contributed by atoms with Gasteiger partial charge in [0.25, 0.3) is 0 Å². The fourth-order valence-corrected chi connectivity index (χ4v) is 3.84.